The minimum absolute atomic E-state index is 0.209. The van der Waals surface area contributed by atoms with Gasteiger partial charge >= 0.3 is 0 Å². The normalized spacial score (nSPS) is 14.0. The number of fused-ring (bicyclic) bond motifs is 1. The molecule has 0 atom stereocenters. The number of benzene rings is 2. The molecule has 0 saturated heterocycles. The Morgan fingerprint density at radius 3 is 2.57 bits per heavy atom. The Morgan fingerprint density at radius 1 is 1.00 bits per heavy atom. The van der Waals surface area contributed by atoms with E-state index in [4.69, 9.17) is 23.2 Å². The van der Waals surface area contributed by atoms with Crippen molar-refractivity contribution in [2.75, 3.05) is 4.72 Å². The standard InChI is InChI=1S/C14H12Cl2N2O2S/c15-11-2-4-13(16)14(6-11)18-21(19,20)12-3-1-9-7-17-8-10(9)5-12/h1-6,17-18H,7-8H2. The van der Waals surface area contributed by atoms with E-state index in [-0.39, 0.29) is 10.6 Å². The van der Waals surface area contributed by atoms with E-state index in [1.54, 1.807) is 24.3 Å². The van der Waals surface area contributed by atoms with Gasteiger partial charge < -0.3 is 5.32 Å². The number of halogens is 2. The van der Waals surface area contributed by atoms with Crippen molar-refractivity contribution in [1.29, 1.82) is 0 Å². The molecule has 7 heteroatoms. The third-order valence-electron chi connectivity index (χ3n) is 3.29. The number of hydrogen-bond acceptors (Lipinski definition) is 3. The average molecular weight is 343 g/mol. The third-order valence-corrected chi connectivity index (χ3v) is 5.22. The molecule has 2 aromatic rings. The van der Waals surface area contributed by atoms with Crippen LogP contribution in [0.3, 0.4) is 0 Å². The largest absolute Gasteiger partial charge is 0.309 e. The highest BCUT2D eigenvalue weighted by Crippen LogP contribution is 2.28. The summed E-state index contributed by atoms with van der Waals surface area (Å²) in [5.74, 6) is 0. The van der Waals surface area contributed by atoms with Gasteiger partial charge in [-0.15, -0.1) is 0 Å². The van der Waals surface area contributed by atoms with E-state index in [1.165, 1.54) is 6.07 Å². The zero-order valence-electron chi connectivity index (χ0n) is 10.9. The van der Waals surface area contributed by atoms with Gasteiger partial charge in [0.05, 0.1) is 15.6 Å². The van der Waals surface area contributed by atoms with E-state index in [9.17, 15) is 8.42 Å². The number of sulfonamides is 1. The van der Waals surface area contributed by atoms with Crippen LogP contribution in [-0.2, 0) is 23.1 Å². The number of rotatable bonds is 3. The summed E-state index contributed by atoms with van der Waals surface area (Å²) in [5.41, 5.74) is 2.38. The third kappa shape index (κ3) is 3.01. The lowest BCUT2D eigenvalue weighted by atomic mass is 10.1. The molecule has 21 heavy (non-hydrogen) atoms. The molecular weight excluding hydrogens is 331 g/mol. The predicted octanol–water partition coefficient (Wildman–Crippen LogP) is 3.40. The first-order valence-corrected chi connectivity index (χ1v) is 8.50. The Hall–Kier alpha value is -1.27. The van der Waals surface area contributed by atoms with Gasteiger partial charge in [-0.2, -0.15) is 0 Å². The first-order chi connectivity index (χ1) is 9.95. The van der Waals surface area contributed by atoms with Crippen molar-refractivity contribution in [3.05, 3.63) is 57.6 Å². The lowest BCUT2D eigenvalue weighted by molar-refractivity contribution is 0.601. The van der Waals surface area contributed by atoms with Gasteiger partial charge in [0.25, 0.3) is 10.0 Å². The summed E-state index contributed by atoms with van der Waals surface area (Å²) in [7, 11) is -3.70. The fourth-order valence-corrected chi connectivity index (χ4v) is 3.73. The van der Waals surface area contributed by atoms with E-state index in [1.807, 2.05) is 6.07 Å². The summed E-state index contributed by atoms with van der Waals surface area (Å²) < 4.78 is 27.3. The van der Waals surface area contributed by atoms with Crippen LogP contribution in [0.2, 0.25) is 10.0 Å². The first kappa shape index (κ1) is 14.7. The minimum Gasteiger partial charge on any atom is -0.309 e. The second kappa shape index (κ2) is 5.50. The lowest BCUT2D eigenvalue weighted by Gasteiger charge is -2.11. The second-order valence-electron chi connectivity index (χ2n) is 4.76. The molecule has 0 fully saturated rings. The predicted molar refractivity (Wildman–Crippen MR) is 84.3 cm³/mol. The summed E-state index contributed by atoms with van der Waals surface area (Å²) in [6.45, 7) is 1.44. The quantitative estimate of drug-likeness (QED) is 0.898. The topological polar surface area (TPSA) is 58.2 Å². The van der Waals surface area contributed by atoms with Crippen molar-refractivity contribution in [1.82, 2.24) is 5.32 Å². The van der Waals surface area contributed by atoms with Gasteiger partial charge in [0, 0.05) is 18.1 Å². The Kier molecular flexibility index (Phi) is 3.84. The van der Waals surface area contributed by atoms with Crippen molar-refractivity contribution < 1.29 is 8.42 Å². The maximum absolute atomic E-state index is 12.4. The smallest absolute Gasteiger partial charge is 0.261 e. The molecule has 0 bridgehead atoms. The molecule has 0 amide bonds. The van der Waals surface area contributed by atoms with Gasteiger partial charge in [-0.25, -0.2) is 8.42 Å². The van der Waals surface area contributed by atoms with E-state index in [2.05, 4.69) is 10.0 Å². The average Bonchev–Trinajstić information content (AvgIpc) is 2.90. The molecule has 0 aliphatic carbocycles. The molecule has 110 valence electrons. The molecule has 1 aliphatic rings. The maximum Gasteiger partial charge on any atom is 0.261 e. The highest BCUT2D eigenvalue weighted by atomic mass is 35.5. The highest BCUT2D eigenvalue weighted by molar-refractivity contribution is 7.92. The molecule has 0 unspecified atom stereocenters. The molecule has 2 N–H and O–H groups in total. The van der Waals surface area contributed by atoms with E-state index in [0.717, 1.165) is 17.7 Å². The maximum atomic E-state index is 12.4. The van der Waals surface area contributed by atoms with Crippen LogP contribution in [0.15, 0.2) is 41.3 Å². The molecule has 3 rings (SSSR count). The number of anilines is 1. The van der Waals surface area contributed by atoms with E-state index in [0.29, 0.717) is 16.6 Å². The van der Waals surface area contributed by atoms with Gasteiger partial charge in [-0.1, -0.05) is 29.3 Å². The molecule has 4 nitrogen and oxygen atoms in total. The van der Waals surface area contributed by atoms with Crippen molar-refractivity contribution in [3.63, 3.8) is 0 Å². The van der Waals surface area contributed by atoms with Crippen molar-refractivity contribution in [2.24, 2.45) is 0 Å². The summed E-state index contributed by atoms with van der Waals surface area (Å²) in [6, 6.07) is 9.72. The van der Waals surface area contributed by atoms with Crippen LogP contribution in [0.1, 0.15) is 11.1 Å². The summed E-state index contributed by atoms with van der Waals surface area (Å²) in [5, 5.41) is 3.89. The fourth-order valence-electron chi connectivity index (χ4n) is 2.22. The monoisotopic (exact) mass is 342 g/mol. The zero-order chi connectivity index (χ0) is 15.0. The molecule has 0 aromatic heterocycles. The first-order valence-electron chi connectivity index (χ1n) is 6.26. The van der Waals surface area contributed by atoms with Crippen LogP contribution < -0.4 is 10.0 Å². The van der Waals surface area contributed by atoms with Crippen LogP contribution >= 0.6 is 23.2 Å². The summed E-state index contributed by atoms with van der Waals surface area (Å²) >= 11 is 11.9. The van der Waals surface area contributed by atoms with E-state index < -0.39 is 10.0 Å². The Balaban J connectivity index is 1.95. The molecule has 0 radical (unpaired) electrons. The number of nitrogens with one attached hydrogen (secondary N) is 2. The Labute approximate surface area is 133 Å². The Morgan fingerprint density at radius 2 is 1.76 bits per heavy atom. The van der Waals surface area contributed by atoms with Crippen LogP contribution in [0.25, 0.3) is 0 Å². The molecule has 0 saturated carbocycles. The van der Waals surface area contributed by atoms with Gasteiger partial charge in [-0.05, 0) is 41.5 Å². The molecule has 1 aliphatic heterocycles. The summed E-state index contributed by atoms with van der Waals surface area (Å²) in [4.78, 5) is 0.209. The Bertz CT molecular complexity index is 807. The summed E-state index contributed by atoms with van der Waals surface area (Å²) in [6.07, 6.45) is 0. The van der Waals surface area contributed by atoms with Gasteiger partial charge in [-0.3, -0.25) is 4.72 Å². The van der Waals surface area contributed by atoms with Crippen LogP contribution in [0, 0.1) is 0 Å². The lowest BCUT2D eigenvalue weighted by Crippen LogP contribution is -2.13. The molecule has 2 aromatic carbocycles. The van der Waals surface area contributed by atoms with Crippen molar-refractivity contribution in [2.45, 2.75) is 18.0 Å². The van der Waals surface area contributed by atoms with Gasteiger partial charge in [0.15, 0.2) is 0 Å². The number of hydrogen-bond donors (Lipinski definition) is 2. The highest BCUT2D eigenvalue weighted by Gasteiger charge is 2.19. The van der Waals surface area contributed by atoms with Gasteiger partial charge in [0.1, 0.15) is 0 Å². The fraction of sp³-hybridized carbons (Fsp3) is 0.143. The van der Waals surface area contributed by atoms with Crippen molar-refractivity contribution >= 4 is 38.9 Å². The minimum atomic E-state index is -3.70. The molecular formula is C14H12Cl2N2O2S. The zero-order valence-corrected chi connectivity index (χ0v) is 13.2. The molecule has 1 heterocycles. The van der Waals surface area contributed by atoms with Crippen LogP contribution in [0.4, 0.5) is 5.69 Å². The van der Waals surface area contributed by atoms with Crippen molar-refractivity contribution in [3.8, 4) is 0 Å². The van der Waals surface area contributed by atoms with Crippen LogP contribution in [-0.4, -0.2) is 8.42 Å². The molecule has 0 spiro atoms. The van der Waals surface area contributed by atoms with Gasteiger partial charge in [0.2, 0.25) is 0 Å². The van der Waals surface area contributed by atoms with E-state index >= 15 is 0 Å². The SMILES string of the molecule is O=S(=O)(Nc1cc(Cl)ccc1Cl)c1ccc2c(c1)CNC2. The van der Waals surface area contributed by atoms with Crippen LogP contribution in [0.5, 0.6) is 0 Å². The second-order valence-corrected chi connectivity index (χ2v) is 7.29.